The van der Waals surface area contributed by atoms with Crippen molar-refractivity contribution in [1.82, 2.24) is 10.3 Å². The maximum absolute atomic E-state index is 9.82. The highest BCUT2D eigenvalue weighted by atomic mass is 35.5. The third-order valence-corrected chi connectivity index (χ3v) is 3.94. The highest BCUT2D eigenvalue weighted by Gasteiger charge is 2.23. The minimum atomic E-state index is 0.354. The molecule has 0 saturated carbocycles. The second-order valence-electron chi connectivity index (χ2n) is 4.87. The van der Waals surface area contributed by atoms with Crippen molar-refractivity contribution in [1.29, 1.82) is 0 Å². The molecule has 1 aliphatic rings. The van der Waals surface area contributed by atoms with Gasteiger partial charge in [-0.2, -0.15) is 0 Å². The van der Waals surface area contributed by atoms with Crippen molar-refractivity contribution in [2.75, 3.05) is 0 Å². The Balaban J connectivity index is 1.65. The Kier molecular flexibility index (Phi) is 3.40. The number of hydrogen-bond acceptors (Lipinski definition) is 3. The summed E-state index contributed by atoms with van der Waals surface area (Å²) in [7, 11) is 0. The molecule has 4 heteroatoms. The minimum Gasteiger partial charge on any atom is -0.508 e. The number of fused-ring (bicyclic) bond motifs is 1. The van der Waals surface area contributed by atoms with Crippen LogP contribution in [0.2, 0.25) is 5.02 Å². The van der Waals surface area contributed by atoms with E-state index in [4.69, 9.17) is 11.6 Å². The molecule has 1 unspecified atom stereocenters. The monoisotopic (exact) mass is 274 g/mol. The van der Waals surface area contributed by atoms with E-state index >= 15 is 0 Å². The summed E-state index contributed by atoms with van der Waals surface area (Å²) >= 11 is 6.08. The van der Waals surface area contributed by atoms with Crippen molar-refractivity contribution in [3.8, 4) is 5.75 Å². The van der Waals surface area contributed by atoms with Gasteiger partial charge in [0.1, 0.15) is 5.75 Å². The van der Waals surface area contributed by atoms with Crippen LogP contribution in [-0.4, -0.2) is 16.1 Å². The molecular formula is C15H15ClN2O. The van der Waals surface area contributed by atoms with Gasteiger partial charge in [0.2, 0.25) is 0 Å². The predicted octanol–water partition coefficient (Wildman–Crippen LogP) is 2.70. The number of benzene rings is 1. The first-order chi connectivity index (χ1) is 9.24. The van der Waals surface area contributed by atoms with Gasteiger partial charge in [0, 0.05) is 25.0 Å². The first kappa shape index (κ1) is 12.5. The molecule has 2 N–H and O–H groups in total. The zero-order valence-electron chi connectivity index (χ0n) is 10.4. The van der Waals surface area contributed by atoms with Crippen LogP contribution < -0.4 is 5.32 Å². The predicted molar refractivity (Wildman–Crippen MR) is 75.4 cm³/mol. The topological polar surface area (TPSA) is 45.1 Å². The second-order valence-corrected chi connectivity index (χ2v) is 5.28. The Morgan fingerprint density at radius 2 is 2.21 bits per heavy atom. The van der Waals surface area contributed by atoms with Gasteiger partial charge in [0.15, 0.2) is 0 Å². The fourth-order valence-corrected chi connectivity index (χ4v) is 2.76. The zero-order chi connectivity index (χ0) is 13.2. The average molecular weight is 275 g/mol. The van der Waals surface area contributed by atoms with Crippen molar-refractivity contribution in [2.24, 2.45) is 0 Å². The number of hydrogen-bond donors (Lipinski definition) is 2. The van der Waals surface area contributed by atoms with E-state index < -0.39 is 0 Å². The summed E-state index contributed by atoms with van der Waals surface area (Å²) in [4.78, 5) is 3.98. The summed E-state index contributed by atoms with van der Waals surface area (Å²) in [6.45, 7) is 0.723. The number of aromatic hydroxyl groups is 1. The Morgan fingerprint density at radius 3 is 3.00 bits per heavy atom. The number of nitrogens with zero attached hydrogens (tertiary/aromatic N) is 1. The summed E-state index contributed by atoms with van der Waals surface area (Å²) in [6.07, 6.45) is 5.23. The summed E-state index contributed by atoms with van der Waals surface area (Å²) in [5.74, 6) is 0.406. The SMILES string of the molecule is Oc1cccc2c1CC(NCc1ccncc1Cl)C2. The Morgan fingerprint density at radius 1 is 1.32 bits per heavy atom. The lowest BCUT2D eigenvalue weighted by atomic mass is 10.1. The van der Waals surface area contributed by atoms with Crippen molar-refractivity contribution >= 4 is 11.6 Å². The van der Waals surface area contributed by atoms with Gasteiger partial charge in [-0.15, -0.1) is 0 Å². The fraction of sp³-hybridized carbons (Fsp3) is 0.267. The lowest BCUT2D eigenvalue weighted by Crippen LogP contribution is -2.29. The minimum absolute atomic E-state index is 0.354. The number of phenols is 1. The number of pyridine rings is 1. The Hall–Kier alpha value is -1.58. The van der Waals surface area contributed by atoms with Crippen LogP contribution in [-0.2, 0) is 19.4 Å². The maximum atomic E-state index is 9.82. The summed E-state index contributed by atoms with van der Waals surface area (Å²) < 4.78 is 0. The molecule has 1 heterocycles. The molecule has 2 aromatic rings. The molecule has 1 aliphatic carbocycles. The van der Waals surface area contributed by atoms with E-state index in [1.165, 1.54) is 5.56 Å². The molecule has 0 radical (unpaired) electrons. The molecule has 3 nitrogen and oxygen atoms in total. The van der Waals surface area contributed by atoms with Crippen LogP contribution in [0.4, 0.5) is 0 Å². The van der Waals surface area contributed by atoms with Crippen LogP contribution in [0.1, 0.15) is 16.7 Å². The Bertz CT molecular complexity index is 600. The van der Waals surface area contributed by atoms with Gasteiger partial charge in [-0.1, -0.05) is 23.7 Å². The number of halogens is 1. The fourth-order valence-electron chi connectivity index (χ4n) is 2.58. The normalized spacial score (nSPS) is 17.4. The lowest BCUT2D eigenvalue weighted by Gasteiger charge is -2.12. The van der Waals surface area contributed by atoms with Gasteiger partial charge in [0.25, 0.3) is 0 Å². The zero-order valence-corrected chi connectivity index (χ0v) is 11.2. The molecule has 0 fully saturated rings. The standard InChI is InChI=1S/C15H15ClN2O/c16-14-9-17-5-4-11(14)8-18-12-6-10-2-1-3-15(19)13(10)7-12/h1-5,9,12,18-19H,6-8H2. The van der Waals surface area contributed by atoms with E-state index in [0.29, 0.717) is 16.8 Å². The van der Waals surface area contributed by atoms with Crippen molar-refractivity contribution in [3.05, 3.63) is 58.4 Å². The molecule has 0 amide bonds. The van der Waals surface area contributed by atoms with Gasteiger partial charge < -0.3 is 10.4 Å². The van der Waals surface area contributed by atoms with E-state index in [1.54, 1.807) is 18.5 Å². The molecule has 0 aliphatic heterocycles. The highest BCUT2D eigenvalue weighted by Crippen LogP contribution is 2.29. The first-order valence-corrected chi connectivity index (χ1v) is 6.73. The molecule has 1 aromatic carbocycles. The second kappa shape index (κ2) is 5.19. The first-order valence-electron chi connectivity index (χ1n) is 6.35. The number of rotatable bonds is 3. The number of aromatic nitrogens is 1. The highest BCUT2D eigenvalue weighted by molar-refractivity contribution is 6.31. The van der Waals surface area contributed by atoms with E-state index in [2.05, 4.69) is 16.4 Å². The van der Waals surface area contributed by atoms with Crippen LogP contribution >= 0.6 is 11.6 Å². The molecule has 0 bridgehead atoms. The quantitative estimate of drug-likeness (QED) is 0.905. The third kappa shape index (κ3) is 2.57. The van der Waals surface area contributed by atoms with Gasteiger partial charge in [-0.3, -0.25) is 4.98 Å². The molecule has 3 rings (SSSR count). The largest absolute Gasteiger partial charge is 0.508 e. The average Bonchev–Trinajstić information content (AvgIpc) is 2.82. The molecule has 19 heavy (non-hydrogen) atoms. The molecular weight excluding hydrogens is 260 g/mol. The van der Waals surface area contributed by atoms with E-state index in [9.17, 15) is 5.11 Å². The van der Waals surface area contributed by atoms with Crippen molar-refractivity contribution in [2.45, 2.75) is 25.4 Å². The van der Waals surface area contributed by atoms with Gasteiger partial charge in [0.05, 0.1) is 5.02 Å². The van der Waals surface area contributed by atoms with E-state index in [1.807, 2.05) is 12.1 Å². The van der Waals surface area contributed by atoms with Crippen LogP contribution in [0.25, 0.3) is 0 Å². The molecule has 0 spiro atoms. The summed E-state index contributed by atoms with van der Waals surface area (Å²) in [6, 6.07) is 8.01. The molecule has 98 valence electrons. The summed E-state index contributed by atoms with van der Waals surface area (Å²) in [5.41, 5.74) is 3.36. The van der Waals surface area contributed by atoms with Crippen molar-refractivity contribution < 1.29 is 5.11 Å². The third-order valence-electron chi connectivity index (χ3n) is 3.60. The lowest BCUT2D eigenvalue weighted by molar-refractivity contribution is 0.464. The molecule has 1 aromatic heterocycles. The van der Waals surface area contributed by atoms with Gasteiger partial charge in [-0.05, 0) is 41.7 Å². The summed E-state index contributed by atoms with van der Waals surface area (Å²) in [5, 5.41) is 14.0. The van der Waals surface area contributed by atoms with E-state index in [0.717, 1.165) is 30.5 Å². The number of nitrogens with one attached hydrogen (secondary N) is 1. The molecule has 1 atom stereocenters. The van der Waals surface area contributed by atoms with Crippen molar-refractivity contribution in [3.63, 3.8) is 0 Å². The van der Waals surface area contributed by atoms with Gasteiger partial charge in [-0.25, -0.2) is 0 Å². The van der Waals surface area contributed by atoms with Crippen LogP contribution in [0, 0.1) is 0 Å². The van der Waals surface area contributed by atoms with Crippen LogP contribution in [0.5, 0.6) is 5.75 Å². The van der Waals surface area contributed by atoms with Gasteiger partial charge >= 0.3 is 0 Å². The maximum Gasteiger partial charge on any atom is 0.119 e. The number of phenolic OH excluding ortho intramolecular Hbond substituents is 1. The Labute approximate surface area is 117 Å². The van der Waals surface area contributed by atoms with Crippen LogP contribution in [0.3, 0.4) is 0 Å². The van der Waals surface area contributed by atoms with Crippen LogP contribution in [0.15, 0.2) is 36.7 Å². The van der Waals surface area contributed by atoms with E-state index in [-0.39, 0.29) is 0 Å². The molecule has 0 saturated heterocycles. The smallest absolute Gasteiger partial charge is 0.119 e.